The van der Waals surface area contributed by atoms with Crippen molar-refractivity contribution in [2.75, 3.05) is 6.54 Å². The Kier molecular flexibility index (Phi) is 6.30. The van der Waals surface area contributed by atoms with Gasteiger partial charge in [0, 0.05) is 17.8 Å². The maximum atomic E-state index is 13.5. The molecular weight excluding hydrogens is 468 g/mol. The number of benzene rings is 1. The highest BCUT2D eigenvalue weighted by Gasteiger charge is 2.24. The molecule has 26 heavy (non-hydrogen) atoms. The molecule has 1 N–H and O–H groups in total. The lowest BCUT2D eigenvalue weighted by molar-refractivity contribution is -0.124. The highest BCUT2D eigenvalue weighted by atomic mass is 127. The van der Waals surface area contributed by atoms with E-state index in [9.17, 15) is 9.18 Å². The number of carbonyl (C=O) groups excluding carboxylic acids is 1. The maximum Gasteiger partial charge on any atom is 0.245 e. The molecule has 1 aromatic carbocycles. The zero-order chi connectivity index (χ0) is 18.5. The van der Waals surface area contributed by atoms with E-state index in [1.54, 1.807) is 30.4 Å². The normalized spacial score (nSPS) is 12.1. The molecule has 3 aromatic rings. The second kappa shape index (κ2) is 8.67. The van der Waals surface area contributed by atoms with Crippen molar-refractivity contribution in [3.63, 3.8) is 0 Å². The Morgan fingerprint density at radius 1 is 1.38 bits per heavy atom. The molecule has 9 heteroatoms. The molecule has 6 nitrogen and oxygen atoms in total. The Morgan fingerprint density at radius 3 is 2.88 bits per heavy atom. The van der Waals surface area contributed by atoms with E-state index in [4.69, 9.17) is 0 Å². The van der Waals surface area contributed by atoms with Crippen LogP contribution < -0.4 is 5.32 Å². The van der Waals surface area contributed by atoms with Gasteiger partial charge in [-0.2, -0.15) is 0 Å². The standard InChI is InChI=1S/C17H17FIN5OS/c1-11-21-22-23-24(11)15(10-12-3-2-4-13(18)9-12)17(25)20-8-7-14-5-6-16(19)26-14/h2-6,9,15H,7-8,10H2,1H3,(H,20,25). The number of carbonyl (C=O) groups is 1. The number of rotatable bonds is 7. The molecule has 0 fully saturated rings. The summed E-state index contributed by atoms with van der Waals surface area (Å²) in [6.45, 7) is 2.26. The SMILES string of the molecule is Cc1nnnn1C(Cc1cccc(F)c1)C(=O)NCCc1ccc(I)s1. The Morgan fingerprint density at radius 2 is 2.23 bits per heavy atom. The molecule has 0 saturated carbocycles. The number of thiophene rings is 1. The van der Waals surface area contributed by atoms with Crippen molar-refractivity contribution in [3.8, 4) is 0 Å². The van der Waals surface area contributed by atoms with Crippen LogP contribution in [-0.4, -0.2) is 32.7 Å². The predicted octanol–water partition coefficient (Wildman–Crippen LogP) is 2.93. The highest BCUT2D eigenvalue weighted by molar-refractivity contribution is 14.1. The van der Waals surface area contributed by atoms with Crippen LogP contribution in [0, 0.1) is 15.6 Å². The van der Waals surface area contributed by atoms with Crippen LogP contribution in [0.2, 0.25) is 0 Å². The van der Waals surface area contributed by atoms with Crippen molar-refractivity contribution in [1.82, 2.24) is 25.5 Å². The van der Waals surface area contributed by atoms with E-state index in [0.717, 1.165) is 6.42 Å². The fraction of sp³-hybridized carbons (Fsp3) is 0.294. The van der Waals surface area contributed by atoms with E-state index in [0.29, 0.717) is 24.4 Å². The zero-order valence-corrected chi connectivity index (χ0v) is 17.0. The number of aromatic nitrogens is 4. The quantitative estimate of drug-likeness (QED) is 0.523. The van der Waals surface area contributed by atoms with E-state index in [2.05, 4.69) is 55.6 Å². The van der Waals surface area contributed by atoms with E-state index in [1.807, 2.05) is 0 Å². The fourth-order valence-electron chi connectivity index (χ4n) is 2.62. The number of aryl methyl sites for hydroxylation is 1. The summed E-state index contributed by atoms with van der Waals surface area (Å²) >= 11 is 3.99. The van der Waals surface area contributed by atoms with Gasteiger partial charge in [-0.1, -0.05) is 12.1 Å². The van der Waals surface area contributed by atoms with Crippen LogP contribution in [0.3, 0.4) is 0 Å². The van der Waals surface area contributed by atoms with Gasteiger partial charge < -0.3 is 5.32 Å². The molecule has 1 amide bonds. The van der Waals surface area contributed by atoms with E-state index >= 15 is 0 Å². The predicted molar refractivity (Wildman–Crippen MR) is 105 cm³/mol. The summed E-state index contributed by atoms with van der Waals surface area (Å²) in [5.41, 5.74) is 0.716. The van der Waals surface area contributed by atoms with Crippen molar-refractivity contribution >= 4 is 39.8 Å². The van der Waals surface area contributed by atoms with Gasteiger partial charge in [-0.3, -0.25) is 4.79 Å². The highest BCUT2D eigenvalue weighted by Crippen LogP contribution is 2.19. The van der Waals surface area contributed by atoms with Gasteiger partial charge in [0.25, 0.3) is 0 Å². The lowest BCUT2D eigenvalue weighted by atomic mass is 10.0. The van der Waals surface area contributed by atoms with Crippen LogP contribution in [0.4, 0.5) is 4.39 Å². The molecule has 0 saturated heterocycles. The molecule has 0 aliphatic heterocycles. The minimum absolute atomic E-state index is 0.184. The molecule has 0 spiro atoms. The monoisotopic (exact) mass is 485 g/mol. The van der Waals surface area contributed by atoms with Gasteiger partial charge in [0.1, 0.15) is 17.7 Å². The molecule has 2 aromatic heterocycles. The van der Waals surface area contributed by atoms with Gasteiger partial charge in [-0.15, -0.1) is 16.4 Å². The summed E-state index contributed by atoms with van der Waals surface area (Å²) in [5.74, 6) is 0.0210. The Hall–Kier alpha value is -1.88. The number of hydrogen-bond acceptors (Lipinski definition) is 5. The molecule has 0 aliphatic rings. The minimum Gasteiger partial charge on any atom is -0.354 e. The molecule has 0 bridgehead atoms. The van der Waals surface area contributed by atoms with Gasteiger partial charge in [-0.25, -0.2) is 9.07 Å². The molecule has 136 valence electrons. The van der Waals surface area contributed by atoms with Gasteiger partial charge in [0.15, 0.2) is 0 Å². The average molecular weight is 485 g/mol. The lowest BCUT2D eigenvalue weighted by Crippen LogP contribution is -2.36. The molecule has 2 heterocycles. The summed E-state index contributed by atoms with van der Waals surface area (Å²) in [6.07, 6.45) is 1.08. The lowest BCUT2D eigenvalue weighted by Gasteiger charge is -2.17. The number of halogens is 2. The summed E-state index contributed by atoms with van der Waals surface area (Å²) in [6, 6.07) is 9.71. The Labute approximate surface area is 167 Å². The first-order valence-electron chi connectivity index (χ1n) is 8.04. The van der Waals surface area contributed by atoms with Crippen molar-refractivity contribution in [3.05, 3.63) is 61.4 Å². The molecule has 1 unspecified atom stereocenters. The fourth-order valence-corrected chi connectivity index (χ4v) is 4.37. The summed E-state index contributed by atoms with van der Waals surface area (Å²) in [7, 11) is 0. The van der Waals surface area contributed by atoms with Crippen molar-refractivity contribution in [1.29, 1.82) is 0 Å². The van der Waals surface area contributed by atoms with Gasteiger partial charge >= 0.3 is 0 Å². The summed E-state index contributed by atoms with van der Waals surface area (Å²) < 4.78 is 16.2. The minimum atomic E-state index is -0.629. The molecule has 3 rings (SSSR count). The second-order valence-corrected chi connectivity index (χ2v) is 8.83. The topological polar surface area (TPSA) is 72.7 Å². The summed E-state index contributed by atoms with van der Waals surface area (Å²) in [4.78, 5) is 14.0. The number of nitrogens with zero attached hydrogens (tertiary/aromatic N) is 4. The van der Waals surface area contributed by atoms with Crippen molar-refractivity contribution in [2.45, 2.75) is 25.8 Å². The molecular formula is C17H17FIN5OS. The Bertz CT molecular complexity index is 897. The van der Waals surface area contributed by atoms with Crippen LogP contribution in [-0.2, 0) is 17.6 Å². The maximum absolute atomic E-state index is 13.5. The van der Waals surface area contributed by atoms with Crippen LogP contribution >= 0.6 is 33.9 Å². The number of nitrogens with one attached hydrogen (secondary N) is 1. The number of hydrogen-bond donors (Lipinski definition) is 1. The number of tetrazole rings is 1. The van der Waals surface area contributed by atoms with Crippen LogP contribution in [0.5, 0.6) is 0 Å². The van der Waals surface area contributed by atoms with E-state index in [-0.39, 0.29) is 11.7 Å². The molecule has 0 radical (unpaired) electrons. The zero-order valence-electron chi connectivity index (χ0n) is 14.0. The van der Waals surface area contributed by atoms with Crippen molar-refractivity contribution < 1.29 is 9.18 Å². The van der Waals surface area contributed by atoms with Crippen LogP contribution in [0.25, 0.3) is 0 Å². The third-order valence-corrected chi connectivity index (χ3v) is 5.83. The second-order valence-electron chi connectivity index (χ2n) is 5.77. The average Bonchev–Trinajstić information content (AvgIpc) is 3.21. The van der Waals surface area contributed by atoms with Crippen LogP contribution in [0.15, 0.2) is 36.4 Å². The van der Waals surface area contributed by atoms with E-state index < -0.39 is 6.04 Å². The van der Waals surface area contributed by atoms with Crippen molar-refractivity contribution in [2.24, 2.45) is 0 Å². The van der Waals surface area contributed by atoms with E-state index in [1.165, 1.54) is 24.6 Å². The first-order chi connectivity index (χ1) is 12.5. The van der Waals surface area contributed by atoms with Gasteiger partial charge in [-0.05, 0) is 76.2 Å². The largest absolute Gasteiger partial charge is 0.354 e. The number of amides is 1. The van der Waals surface area contributed by atoms with Gasteiger partial charge in [0.05, 0.1) is 2.88 Å². The van der Waals surface area contributed by atoms with Gasteiger partial charge in [0.2, 0.25) is 5.91 Å². The third kappa shape index (κ3) is 4.85. The third-order valence-electron chi connectivity index (χ3n) is 3.87. The summed E-state index contributed by atoms with van der Waals surface area (Å²) in [5, 5.41) is 14.4. The smallest absolute Gasteiger partial charge is 0.245 e. The first kappa shape index (κ1) is 18.9. The molecule has 0 aliphatic carbocycles. The van der Waals surface area contributed by atoms with Crippen LogP contribution in [0.1, 0.15) is 22.3 Å². The first-order valence-corrected chi connectivity index (χ1v) is 9.93. The molecule has 1 atom stereocenters. The Balaban J connectivity index is 1.70.